The summed E-state index contributed by atoms with van der Waals surface area (Å²) in [5.41, 5.74) is 1.32. The first-order valence-corrected chi connectivity index (χ1v) is 24.8. The molecule has 1 saturated carbocycles. The number of hydrogen-bond acceptors (Lipinski definition) is 13. The number of aromatic nitrogens is 2. The van der Waals surface area contributed by atoms with Crippen molar-refractivity contribution >= 4 is 72.4 Å². The van der Waals surface area contributed by atoms with Crippen LogP contribution in [0.2, 0.25) is 0 Å². The smallest absolute Gasteiger partial charge is 0.266 e. The van der Waals surface area contributed by atoms with Crippen LogP contribution in [-0.2, 0) is 24.4 Å². The summed E-state index contributed by atoms with van der Waals surface area (Å²) < 4.78 is 42.5. The van der Waals surface area contributed by atoms with Gasteiger partial charge in [0.1, 0.15) is 39.8 Å². The molecule has 4 atom stereocenters. The molecule has 0 spiro atoms. The minimum atomic E-state index is -4.44. The Morgan fingerprint density at radius 1 is 0.955 bits per heavy atom. The van der Waals surface area contributed by atoms with Crippen molar-refractivity contribution < 1.29 is 37.1 Å². The fraction of sp³-hybridized carbons (Fsp3) is 0.388. The van der Waals surface area contributed by atoms with E-state index in [-0.39, 0.29) is 41.6 Å². The van der Waals surface area contributed by atoms with Crippen LogP contribution in [0.3, 0.4) is 0 Å². The van der Waals surface area contributed by atoms with Gasteiger partial charge in [0.15, 0.2) is 5.13 Å². The van der Waals surface area contributed by atoms with E-state index in [1.54, 1.807) is 74.7 Å². The zero-order valence-corrected chi connectivity index (χ0v) is 40.2. The number of pyridine rings is 1. The first kappa shape index (κ1) is 48.4. The molecule has 7 rings (SSSR count). The molecule has 0 unspecified atom stereocenters. The van der Waals surface area contributed by atoms with Crippen molar-refractivity contribution in [1.82, 2.24) is 24.9 Å². The summed E-state index contributed by atoms with van der Waals surface area (Å²) in [6, 6.07) is 18.9. The summed E-state index contributed by atoms with van der Waals surface area (Å²) in [7, 11) is -2.87. The van der Waals surface area contributed by atoms with Gasteiger partial charge in [-0.05, 0) is 70.0 Å². The fourth-order valence-electron chi connectivity index (χ4n) is 8.39. The van der Waals surface area contributed by atoms with Crippen LogP contribution in [0.25, 0.3) is 22.3 Å². The molecule has 5 N–H and O–H groups in total. The van der Waals surface area contributed by atoms with Gasteiger partial charge in [-0.1, -0.05) is 62.6 Å². The number of ether oxygens (including phenoxy) is 2. The molecule has 67 heavy (non-hydrogen) atoms. The molecule has 18 heteroatoms. The normalized spacial score (nSPS) is 18.9. The number of hydrogen-bond donors (Lipinski definition) is 5. The van der Waals surface area contributed by atoms with Gasteiger partial charge in [0.05, 0.1) is 41.8 Å². The minimum Gasteiger partial charge on any atom is -0.497 e. The number of sulfonamides is 1. The Balaban J connectivity index is 1.20. The van der Waals surface area contributed by atoms with Crippen molar-refractivity contribution in [3.05, 3.63) is 95.9 Å². The first-order chi connectivity index (χ1) is 32.0. The molecule has 16 nitrogen and oxygen atoms in total. The molecule has 2 aromatic heterocycles. The van der Waals surface area contributed by atoms with Crippen molar-refractivity contribution in [3.8, 4) is 22.9 Å². The zero-order valence-electron chi connectivity index (χ0n) is 38.6. The molecule has 0 bridgehead atoms. The SMILES string of the molecule is C=C(C)[C@@H]1C[C@]1(NC(=O)[C@@H]1C[C@@H](Oc2cc(-c3csc(NC(C)C)n3)nc3cc(OC)ccc23)CN1C(=O)c1ccccc1NC(C)=O)C(=O)NS(=O)(=O)c1ccccc1NCCCCCC. The zero-order chi connectivity index (χ0) is 48.0. The van der Waals surface area contributed by atoms with Crippen LogP contribution in [0.4, 0.5) is 16.5 Å². The number of carbonyl (C=O) groups is 4. The highest BCUT2D eigenvalue weighted by molar-refractivity contribution is 7.90. The molecular weight excluding hydrogens is 893 g/mol. The average molecular weight is 951 g/mol. The Kier molecular flexibility index (Phi) is 14.8. The van der Waals surface area contributed by atoms with E-state index in [1.165, 1.54) is 29.2 Å². The number of para-hydroxylation sites is 2. The monoisotopic (exact) mass is 950 g/mol. The standard InChI is InChI=1S/C49H58N8O8S2/c1-8-9-10-15-22-50-38-18-13-14-19-44(38)67(62,63)56-47(61)49(26-36(49)29(2)3)55-45(59)42-24-33(27-57(42)46(60)35-16-11-12-17-37(35)52-31(6)58)65-43-25-40(41-28-66-48(54-41)51-30(4)5)53-39-23-32(64-7)20-21-34(39)43/h11-14,16-21,23,25,28,30,33,36,42,50H,2,8-10,15,22,24,26-27H2,1,3-7H3,(H,51,54)(H,52,58)(H,55,59)(H,56,61)/t33-,36+,42+,49-/m1/s1. The van der Waals surface area contributed by atoms with Gasteiger partial charge < -0.3 is 35.6 Å². The molecule has 1 saturated heterocycles. The van der Waals surface area contributed by atoms with E-state index in [9.17, 15) is 27.6 Å². The Bertz CT molecular complexity index is 2800. The van der Waals surface area contributed by atoms with Crippen molar-refractivity contribution in [2.24, 2.45) is 5.92 Å². The number of rotatable bonds is 20. The Hall–Kier alpha value is -6.53. The highest BCUT2D eigenvalue weighted by Gasteiger charge is 2.63. The minimum absolute atomic E-state index is 0.0145. The highest BCUT2D eigenvalue weighted by Crippen LogP contribution is 2.49. The summed E-state index contributed by atoms with van der Waals surface area (Å²) in [5, 5.41) is 15.4. The summed E-state index contributed by atoms with van der Waals surface area (Å²) in [6.45, 7) is 13.7. The third kappa shape index (κ3) is 11.0. The number of nitrogens with zero attached hydrogens (tertiary/aromatic N) is 3. The van der Waals surface area contributed by atoms with E-state index in [0.717, 1.165) is 30.8 Å². The van der Waals surface area contributed by atoms with E-state index in [0.29, 0.717) is 51.6 Å². The maximum Gasteiger partial charge on any atom is 0.266 e. The molecule has 1 aliphatic carbocycles. The number of likely N-dealkylation sites (tertiary alicyclic amines) is 1. The van der Waals surface area contributed by atoms with Crippen LogP contribution in [0.15, 0.2) is 95.2 Å². The van der Waals surface area contributed by atoms with E-state index in [2.05, 4.69) is 39.5 Å². The predicted octanol–water partition coefficient (Wildman–Crippen LogP) is 7.76. The second-order valence-corrected chi connectivity index (χ2v) is 19.9. The molecule has 3 aromatic carbocycles. The molecule has 2 fully saturated rings. The van der Waals surface area contributed by atoms with E-state index in [4.69, 9.17) is 19.4 Å². The van der Waals surface area contributed by atoms with E-state index >= 15 is 0 Å². The third-order valence-electron chi connectivity index (χ3n) is 11.8. The Morgan fingerprint density at radius 3 is 2.40 bits per heavy atom. The number of unbranched alkanes of at least 4 members (excludes halogenated alkanes) is 3. The molecular formula is C49H58N8O8S2. The summed E-state index contributed by atoms with van der Waals surface area (Å²) in [5.74, 6) is -2.18. The van der Waals surface area contributed by atoms with Gasteiger partial charge in [0, 0.05) is 54.7 Å². The van der Waals surface area contributed by atoms with Crippen LogP contribution in [-0.4, -0.2) is 90.8 Å². The van der Waals surface area contributed by atoms with Gasteiger partial charge in [-0.2, -0.15) is 0 Å². The van der Waals surface area contributed by atoms with Crippen molar-refractivity contribution in [2.75, 3.05) is 36.1 Å². The number of fused-ring (bicyclic) bond motifs is 1. The second kappa shape index (κ2) is 20.5. The number of nitrogens with one attached hydrogen (secondary N) is 5. The van der Waals surface area contributed by atoms with Gasteiger partial charge in [0.25, 0.3) is 21.8 Å². The second-order valence-electron chi connectivity index (χ2n) is 17.4. The van der Waals surface area contributed by atoms with Gasteiger partial charge >= 0.3 is 0 Å². The van der Waals surface area contributed by atoms with Gasteiger partial charge in [0.2, 0.25) is 11.8 Å². The average Bonchev–Trinajstić information content (AvgIpc) is 3.59. The lowest BCUT2D eigenvalue weighted by Crippen LogP contribution is -2.56. The quantitative estimate of drug-likeness (QED) is 0.0375. The molecule has 2 aliphatic rings. The topological polar surface area (TPSA) is 210 Å². The number of amides is 4. The van der Waals surface area contributed by atoms with Gasteiger partial charge in [-0.25, -0.2) is 23.1 Å². The predicted molar refractivity (Wildman–Crippen MR) is 261 cm³/mol. The molecule has 0 radical (unpaired) electrons. The third-order valence-corrected chi connectivity index (χ3v) is 14.0. The van der Waals surface area contributed by atoms with Crippen LogP contribution < -0.4 is 35.5 Å². The molecule has 1 aliphatic heterocycles. The number of anilines is 3. The van der Waals surface area contributed by atoms with E-state index < -0.39 is 57.3 Å². The number of benzene rings is 3. The van der Waals surface area contributed by atoms with E-state index in [1.807, 2.05) is 25.3 Å². The molecule has 5 aromatic rings. The Labute approximate surface area is 395 Å². The molecule has 3 heterocycles. The first-order valence-electron chi connectivity index (χ1n) is 22.5. The van der Waals surface area contributed by atoms with Crippen LogP contribution >= 0.6 is 11.3 Å². The van der Waals surface area contributed by atoms with Gasteiger partial charge in [-0.3, -0.25) is 19.2 Å². The molecule has 4 amide bonds. The van der Waals surface area contributed by atoms with Crippen molar-refractivity contribution in [2.45, 2.75) is 102 Å². The molecule has 354 valence electrons. The summed E-state index contributed by atoms with van der Waals surface area (Å²) >= 11 is 1.44. The number of carbonyl (C=O) groups excluding carboxylic acids is 4. The lowest BCUT2D eigenvalue weighted by Gasteiger charge is -2.27. The largest absolute Gasteiger partial charge is 0.497 e. The lowest BCUT2D eigenvalue weighted by molar-refractivity contribution is -0.131. The van der Waals surface area contributed by atoms with Crippen molar-refractivity contribution in [3.63, 3.8) is 0 Å². The van der Waals surface area contributed by atoms with Crippen LogP contribution in [0.5, 0.6) is 11.5 Å². The van der Waals surface area contributed by atoms with Crippen LogP contribution in [0.1, 0.15) is 83.5 Å². The summed E-state index contributed by atoms with van der Waals surface area (Å²) in [6.07, 6.45) is 3.25. The highest BCUT2D eigenvalue weighted by atomic mass is 32.2. The van der Waals surface area contributed by atoms with Gasteiger partial charge in [-0.15, -0.1) is 11.3 Å². The maximum atomic E-state index is 14.8. The Morgan fingerprint density at radius 2 is 1.70 bits per heavy atom. The number of methoxy groups -OCH3 is 1. The fourth-order valence-corrected chi connectivity index (χ4v) is 10.5. The summed E-state index contributed by atoms with van der Waals surface area (Å²) in [4.78, 5) is 67.0. The van der Waals surface area contributed by atoms with Crippen molar-refractivity contribution in [1.29, 1.82) is 0 Å². The van der Waals surface area contributed by atoms with Crippen LogP contribution in [0, 0.1) is 5.92 Å². The maximum absolute atomic E-state index is 14.8. The number of thiazole rings is 1. The lowest BCUT2D eigenvalue weighted by atomic mass is 10.1.